The molecule has 1 amide bonds. The Hall–Kier alpha value is -0.550. The van der Waals surface area contributed by atoms with Gasteiger partial charge < -0.3 is 10.4 Å². The van der Waals surface area contributed by atoms with E-state index in [0.717, 1.165) is 19.3 Å². The fourth-order valence-electron chi connectivity index (χ4n) is 1.98. The second kappa shape index (κ2) is 13.1. The smallest absolute Gasteiger partial charge is 0.220 e. The summed E-state index contributed by atoms with van der Waals surface area (Å²) < 4.78 is 0. The Morgan fingerprint density at radius 2 is 1.86 bits per heavy atom. The van der Waals surface area contributed by atoms with E-state index in [-0.39, 0.29) is 16.9 Å². The van der Waals surface area contributed by atoms with Crippen LogP contribution in [0.3, 0.4) is 0 Å². The van der Waals surface area contributed by atoms with Crippen molar-refractivity contribution in [3.8, 4) is 0 Å². The standard InChI is InChI=1S/C16H31NO3S/c1-4-6-7-8-10-15(19)17-11-12-21-16(20)13(3)14(18)9-5-2/h13-14,18H,4-12H2,1-3H3,(H,17,19). The second-order valence-corrected chi connectivity index (χ2v) is 6.57. The van der Waals surface area contributed by atoms with Gasteiger partial charge in [-0.05, 0) is 12.8 Å². The van der Waals surface area contributed by atoms with Gasteiger partial charge in [-0.1, -0.05) is 58.2 Å². The molecule has 124 valence electrons. The molecule has 21 heavy (non-hydrogen) atoms. The van der Waals surface area contributed by atoms with Crippen molar-refractivity contribution >= 4 is 22.8 Å². The van der Waals surface area contributed by atoms with Crippen molar-refractivity contribution in [2.75, 3.05) is 12.3 Å². The molecule has 2 atom stereocenters. The van der Waals surface area contributed by atoms with E-state index in [9.17, 15) is 14.7 Å². The maximum absolute atomic E-state index is 11.8. The van der Waals surface area contributed by atoms with Gasteiger partial charge in [-0.15, -0.1) is 0 Å². The summed E-state index contributed by atoms with van der Waals surface area (Å²) in [5.41, 5.74) is 0. The Kier molecular flexibility index (Phi) is 12.8. The van der Waals surface area contributed by atoms with Crippen molar-refractivity contribution < 1.29 is 14.7 Å². The first-order valence-corrected chi connectivity index (χ1v) is 9.12. The number of hydrogen-bond acceptors (Lipinski definition) is 4. The number of unbranched alkanes of at least 4 members (excludes halogenated alkanes) is 3. The molecule has 0 fully saturated rings. The number of hydrogen-bond donors (Lipinski definition) is 2. The summed E-state index contributed by atoms with van der Waals surface area (Å²) in [6.45, 7) is 6.41. The van der Waals surface area contributed by atoms with Crippen LogP contribution in [0.5, 0.6) is 0 Å². The molecule has 4 nitrogen and oxygen atoms in total. The molecule has 0 heterocycles. The summed E-state index contributed by atoms with van der Waals surface area (Å²) in [7, 11) is 0. The lowest BCUT2D eigenvalue weighted by Gasteiger charge is -2.16. The number of amides is 1. The summed E-state index contributed by atoms with van der Waals surface area (Å²) in [5, 5.41) is 12.6. The number of rotatable bonds is 12. The zero-order valence-corrected chi connectivity index (χ0v) is 14.5. The van der Waals surface area contributed by atoms with Crippen molar-refractivity contribution in [3.63, 3.8) is 0 Å². The van der Waals surface area contributed by atoms with Gasteiger partial charge in [0.05, 0.1) is 12.0 Å². The van der Waals surface area contributed by atoms with E-state index in [1.807, 2.05) is 6.92 Å². The summed E-state index contributed by atoms with van der Waals surface area (Å²) >= 11 is 1.20. The van der Waals surface area contributed by atoms with Gasteiger partial charge in [0.25, 0.3) is 0 Å². The van der Waals surface area contributed by atoms with Crippen LogP contribution in [0.4, 0.5) is 0 Å². The van der Waals surface area contributed by atoms with Gasteiger partial charge in [0, 0.05) is 18.7 Å². The van der Waals surface area contributed by atoms with Crippen molar-refractivity contribution in [2.45, 2.75) is 71.8 Å². The third kappa shape index (κ3) is 10.8. The van der Waals surface area contributed by atoms with E-state index in [4.69, 9.17) is 0 Å². The molecular formula is C16H31NO3S. The van der Waals surface area contributed by atoms with Gasteiger partial charge in [0.1, 0.15) is 0 Å². The van der Waals surface area contributed by atoms with Crippen molar-refractivity contribution in [1.82, 2.24) is 5.32 Å². The fourth-order valence-corrected chi connectivity index (χ4v) is 2.80. The van der Waals surface area contributed by atoms with Crippen LogP contribution in [0.25, 0.3) is 0 Å². The van der Waals surface area contributed by atoms with Crippen LogP contribution >= 0.6 is 11.8 Å². The Balaban J connectivity index is 3.65. The average Bonchev–Trinajstić information content (AvgIpc) is 2.47. The van der Waals surface area contributed by atoms with E-state index in [1.165, 1.54) is 24.6 Å². The zero-order chi connectivity index (χ0) is 16.1. The van der Waals surface area contributed by atoms with Crippen LogP contribution in [-0.4, -0.2) is 34.5 Å². The topological polar surface area (TPSA) is 66.4 Å². The highest BCUT2D eigenvalue weighted by molar-refractivity contribution is 8.13. The van der Waals surface area contributed by atoms with Crippen molar-refractivity contribution in [1.29, 1.82) is 0 Å². The maximum atomic E-state index is 11.8. The molecule has 0 radical (unpaired) electrons. The largest absolute Gasteiger partial charge is 0.392 e. The summed E-state index contributed by atoms with van der Waals surface area (Å²) in [6.07, 6.45) is 5.93. The summed E-state index contributed by atoms with van der Waals surface area (Å²) in [6, 6.07) is 0. The molecule has 0 bridgehead atoms. The first-order chi connectivity index (χ1) is 10.0. The predicted octanol–water partition coefficient (Wildman–Crippen LogP) is 3.13. The lowest BCUT2D eigenvalue weighted by Crippen LogP contribution is -2.27. The third-order valence-electron chi connectivity index (χ3n) is 3.46. The van der Waals surface area contributed by atoms with E-state index in [2.05, 4.69) is 12.2 Å². The molecule has 5 heteroatoms. The maximum Gasteiger partial charge on any atom is 0.220 e. The first kappa shape index (κ1) is 20.5. The van der Waals surface area contributed by atoms with Crippen LogP contribution in [0.15, 0.2) is 0 Å². The highest BCUT2D eigenvalue weighted by Gasteiger charge is 2.21. The number of carbonyl (C=O) groups is 2. The van der Waals surface area contributed by atoms with Crippen LogP contribution in [-0.2, 0) is 9.59 Å². The van der Waals surface area contributed by atoms with Crippen molar-refractivity contribution in [3.05, 3.63) is 0 Å². The van der Waals surface area contributed by atoms with Crippen molar-refractivity contribution in [2.24, 2.45) is 5.92 Å². The normalized spacial score (nSPS) is 13.7. The highest BCUT2D eigenvalue weighted by atomic mass is 32.2. The van der Waals surface area contributed by atoms with Gasteiger partial charge in [0.15, 0.2) is 5.12 Å². The minimum atomic E-state index is -0.553. The van der Waals surface area contributed by atoms with Gasteiger partial charge >= 0.3 is 0 Å². The molecular weight excluding hydrogens is 286 g/mol. The Bertz CT molecular complexity index is 297. The molecule has 2 unspecified atom stereocenters. The SMILES string of the molecule is CCCCCCC(=O)NCCSC(=O)C(C)C(O)CCC. The molecule has 0 aliphatic carbocycles. The molecule has 0 aliphatic heterocycles. The number of carbonyl (C=O) groups excluding carboxylic acids is 2. The van der Waals surface area contributed by atoms with Gasteiger partial charge in [-0.25, -0.2) is 0 Å². The molecule has 0 saturated heterocycles. The third-order valence-corrected chi connectivity index (χ3v) is 4.52. The molecule has 0 aromatic heterocycles. The Morgan fingerprint density at radius 3 is 2.48 bits per heavy atom. The lowest BCUT2D eigenvalue weighted by molar-refractivity contribution is -0.121. The van der Waals surface area contributed by atoms with Crippen LogP contribution < -0.4 is 5.32 Å². The number of nitrogens with one attached hydrogen (secondary N) is 1. The molecule has 0 spiro atoms. The number of thioether (sulfide) groups is 1. The van der Waals surface area contributed by atoms with Gasteiger partial charge in [-0.3, -0.25) is 9.59 Å². The predicted molar refractivity (Wildman–Crippen MR) is 89.3 cm³/mol. The van der Waals surface area contributed by atoms with Gasteiger partial charge in [0.2, 0.25) is 5.91 Å². The monoisotopic (exact) mass is 317 g/mol. The minimum Gasteiger partial charge on any atom is -0.392 e. The molecule has 2 N–H and O–H groups in total. The van der Waals surface area contributed by atoms with E-state index < -0.39 is 6.10 Å². The molecule has 0 aliphatic rings. The number of aliphatic hydroxyl groups is 1. The second-order valence-electron chi connectivity index (χ2n) is 5.47. The summed E-state index contributed by atoms with van der Waals surface area (Å²) in [4.78, 5) is 23.4. The van der Waals surface area contributed by atoms with Crippen LogP contribution in [0.1, 0.15) is 65.7 Å². The molecule has 0 aromatic rings. The minimum absolute atomic E-state index is 0.00754. The molecule has 0 rings (SSSR count). The number of aliphatic hydroxyl groups excluding tert-OH is 1. The highest BCUT2D eigenvalue weighted by Crippen LogP contribution is 2.17. The first-order valence-electron chi connectivity index (χ1n) is 8.14. The van der Waals surface area contributed by atoms with E-state index in [0.29, 0.717) is 25.1 Å². The Labute approximate surface area is 133 Å². The van der Waals surface area contributed by atoms with E-state index >= 15 is 0 Å². The fraction of sp³-hybridized carbons (Fsp3) is 0.875. The van der Waals surface area contributed by atoms with Gasteiger partial charge in [-0.2, -0.15) is 0 Å². The summed E-state index contributed by atoms with van der Waals surface area (Å²) in [5.74, 6) is 0.306. The van der Waals surface area contributed by atoms with Crippen LogP contribution in [0.2, 0.25) is 0 Å². The lowest BCUT2D eigenvalue weighted by atomic mass is 10.0. The van der Waals surface area contributed by atoms with Crippen LogP contribution in [0, 0.1) is 5.92 Å². The Morgan fingerprint density at radius 1 is 1.14 bits per heavy atom. The quantitative estimate of drug-likeness (QED) is 0.543. The van der Waals surface area contributed by atoms with E-state index in [1.54, 1.807) is 6.92 Å². The molecule has 0 saturated carbocycles. The average molecular weight is 317 g/mol. The zero-order valence-electron chi connectivity index (χ0n) is 13.7. The molecule has 0 aromatic carbocycles.